The van der Waals surface area contributed by atoms with Crippen LogP contribution in [0.2, 0.25) is 0 Å². The van der Waals surface area contributed by atoms with Gasteiger partial charge in [0.1, 0.15) is 5.82 Å². The monoisotopic (exact) mass is 333 g/mol. The number of hydrogen-bond acceptors (Lipinski definition) is 4. The molecule has 1 saturated carbocycles. The molecule has 0 radical (unpaired) electrons. The molecule has 1 aromatic heterocycles. The number of carbonyl (C=O) groups excluding carboxylic acids is 1. The molecule has 0 saturated heterocycles. The molecule has 1 fully saturated rings. The number of aliphatic hydroxyl groups is 2. The van der Waals surface area contributed by atoms with E-state index in [2.05, 4.69) is 10.4 Å². The van der Waals surface area contributed by atoms with Crippen molar-refractivity contribution in [1.82, 2.24) is 15.1 Å². The fourth-order valence-electron chi connectivity index (χ4n) is 3.16. The first kappa shape index (κ1) is 16.6. The molecule has 24 heavy (non-hydrogen) atoms. The molecule has 3 rings (SSSR count). The minimum Gasteiger partial charge on any atom is -0.392 e. The second-order valence-corrected chi connectivity index (χ2v) is 6.18. The molecule has 3 atom stereocenters. The first-order valence-electron chi connectivity index (χ1n) is 7.92. The van der Waals surface area contributed by atoms with E-state index in [1.807, 2.05) is 16.9 Å². The first-order chi connectivity index (χ1) is 11.6. The Labute approximate surface area is 138 Å². The Hall–Kier alpha value is -2.25. The molecule has 1 aromatic carbocycles. The Morgan fingerprint density at radius 3 is 2.92 bits per heavy atom. The maximum atomic E-state index is 13.7. The number of aromatic nitrogens is 2. The van der Waals surface area contributed by atoms with Gasteiger partial charge in [0.15, 0.2) is 0 Å². The topological polar surface area (TPSA) is 87.4 Å². The summed E-state index contributed by atoms with van der Waals surface area (Å²) in [6.07, 6.45) is 4.17. The minimum atomic E-state index is -0.629. The molecule has 1 unspecified atom stereocenters. The lowest BCUT2D eigenvalue weighted by atomic mass is 10.1. The summed E-state index contributed by atoms with van der Waals surface area (Å²) in [6, 6.07) is 5.43. The molecule has 2 aromatic rings. The highest BCUT2D eigenvalue weighted by Gasteiger charge is 2.34. The van der Waals surface area contributed by atoms with E-state index >= 15 is 0 Å². The Morgan fingerprint density at radius 1 is 1.42 bits per heavy atom. The van der Waals surface area contributed by atoms with Gasteiger partial charge in [0.05, 0.1) is 18.8 Å². The van der Waals surface area contributed by atoms with E-state index in [9.17, 15) is 14.3 Å². The number of benzene rings is 1. The lowest BCUT2D eigenvalue weighted by molar-refractivity contribution is 0.0872. The van der Waals surface area contributed by atoms with Crippen LogP contribution in [0.3, 0.4) is 0 Å². The summed E-state index contributed by atoms with van der Waals surface area (Å²) in [6.45, 7) is 0.278. The molecule has 128 valence electrons. The number of nitrogens with one attached hydrogen (secondary N) is 1. The van der Waals surface area contributed by atoms with E-state index in [0.717, 1.165) is 6.07 Å². The fourth-order valence-corrected chi connectivity index (χ4v) is 3.16. The number of nitrogens with zero attached hydrogens (tertiary/aromatic N) is 2. The van der Waals surface area contributed by atoms with E-state index < -0.39 is 24.4 Å². The molecular weight excluding hydrogens is 313 g/mol. The molecule has 0 spiro atoms. The van der Waals surface area contributed by atoms with Gasteiger partial charge < -0.3 is 15.5 Å². The van der Waals surface area contributed by atoms with Gasteiger partial charge in [0.25, 0.3) is 5.91 Å². The zero-order valence-corrected chi connectivity index (χ0v) is 13.1. The molecule has 7 heteroatoms. The zero-order chi connectivity index (χ0) is 17.1. The lowest BCUT2D eigenvalue weighted by Gasteiger charge is -2.16. The highest BCUT2D eigenvalue weighted by Crippen LogP contribution is 2.27. The van der Waals surface area contributed by atoms with Crippen molar-refractivity contribution in [2.45, 2.75) is 38.1 Å². The highest BCUT2D eigenvalue weighted by atomic mass is 19.1. The summed E-state index contributed by atoms with van der Waals surface area (Å²) in [5.74, 6) is -0.824. The predicted molar refractivity (Wildman–Crippen MR) is 84.5 cm³/mol. The van der Waals surface area contributed by atoms with Crippen LogP contribution < -0.4 is 5.32 Å². The minimum absolute atomic E-state index is 0.145. The summed E-state index contributed by atoms with van der Waals surface area (Å²) in [7, 11) is 0. The Kier molecular flexibility index (Phi) is 4.92. The third-order valence-corrected chi connectivity index (χ3v) is 4.43. The van der Waals surface area contributed by atoms with Crippen molar-refractivity contribution < 1.29 is 19.4 Å². The third-order valence-electron chi connectivity index (χ3n) is 4.43. The van der Waals surface area contributed by atoms with Gasteiger partial charge in [-0.05, 0) is 37.0 Å². The van der Waals surface area contributed by atoms with Gasteiger partial charge in [-0.15, -0.1) is 0 Å². The second kappa shape index (κ2) is 7.11. The highest BCUT2D eigenvalue weighted by molar-refractivity contribution is 5.94. The maximum absolute atomic E-state index is 13.7. The van der Waals surface area contributed by atoms with Gasteiger partial charge in [-0.3, -0.25) is 9.48 Å². The van der Waals surface area contributed by atoms with E-state index in [0.29, 0.717) is 19.4 Å². The van der Waals surface area contributed by atoms with E-state index in [1.54, 1.807) is 6.20 Å². The molecule has 0 aliphatic heterocycles. The zero-order valence-electron chi connectivity index (χ0n) is 13.1. The van der Waals surface area contributed by atoms with Crippen LogP contribution in [-0.2, 0) is 13.2 Å². The quantitative estimate of drug-likeness (QED) is 0.764. The molecule has 1 aliphatic rings. The number of halogens is 1. The van der Waals surface area contributed by atoms with E-state index in [-0.39, 0.29) is 23.1 Å². The van der Waals surface area contributed by atoms with Crippen LogP contribution in [0.5, 0.6) is 0 Å². The Balaban J connectivity index is 1.61. The summed E-state index contributed by atoms with van der Waals surface area (Å²) < 4.78 is 15.5. The van der Waals surface area contributed by atoms with Crippen LogP contribution in [-0.4, -0.2) is 38.0 Å². The van der Waals surface area contributed by atoms with Gasteiger partial charge in [-0.25, -0.2) is 4.39 Å². The van der Waals surface area contributed by atoms with Crippen LogP contribution in [0.25, 0.3) is 0 Å². The van der Waals surface area contributed by atoms with Gasteiger partial charge in [0, 0.05) is 30.1 Å². The lowest BCUT2D eigenvalue weighted by Crippen LogP contribution is -2.40. The maximum Gasteiger partial charge on any atom is 0.251 e. The molecule has 1 amide bonds. The number of amides is 1. The second-order valence-electron chi connectivity index (χ2n) is 6.18. The number of carbonyl (C=O) groups is 1. The summed E-state index contributed by atoms with van der Waals surface area (Å²) in [5, 5.41) is 26.1. The predicted octanol–water partition coefficient (Wildman–Crippen LogP) is 1.08. The summed E-state index contributed by atoms with van der Waals surface area (Å²) >= 11 is 0. The summed E-state index contributed by atoms with van der Waals surface area (Å²) in [5.41, 5.74) is 0.319. The molecule has 1 heterocycles. The Morgan fingerprint density at radius 2 is 2.25 bits per heavy atom. The van der Waals surface area contributed by atoms with Gasteiger partial charge in [0.2, 0.25) is 0 Å². The fraction of sp³-hybridized carbons (Fsp3) is 0.412. The van der Waals surface area contributed by atoms with Crippen molar-refractivity contribution in [3.05, 3.63) is 53.6 Å². The van der Waals surface area contributed by atoms with E-state index in [4.69, 9.17) is 5.11 Å². The van der Waals surface area contributed by atoms with Crippen molar-refractivity contribution >= 4 is 5.91 Å². The molecule has 1 aliphatic carbocycles. The van der Waals surface area contributed by atoms with Crippen LogP contribution >= 0.6 is 0 Å². The van der Waals surface area contributed by atoms with Crippen LogP contribution in [0.1, 0.15) is 28.8 Å². The van der Waals surface area contributed by atoms with Crippen molar-refractivity contribution in [1.29, 1.82) is 0 Å². The van der Waals surface area contributed by atoms with Crippen molar-refractivity contribution in [2.24, 2.45) is 5.92 Å². The standard InChI is InChI=1S/C17H20FN3O3/c18-14-8-12(2-3-13(14)10-22)17(24)20-15-6-11(7-16(15)23)9-21-5-1-4-19-21/h1-5,8,11,15-16,22-23H,6-7,9-10H2,(H,20,24)/t11?,15-,16-/m1/s1. The van der Waals surface area contributed by atoms with Crippen LogP contribution in [0, 0.1) is 11.7 Å². The van der Waals surface area contributed by atoms with Crippen LogP contribution in [0.15, 0.2) is 36.7 Å². The molecule has 0 bridgehead atoms. The van der Waals surface area contributed by atoms with Gasteiger partial charge in [-0.1, -0.05) is 6.07 Å². The normalized spacial score (nSPS) is 23.4. The molecule has 3 N–H and O–H groups in total. The van der Waals surface area contributed by atoms with Crippen molar-refractivity contribution in [2.75, 3.05) is 0 Å². The largest absolute Gasteiger partial charge is 0.392 e. The third kappa shape index (κ3) is 3.63. The van der Waals surface area contributed by atoms with Gasteiger partial charge >= 0.3 is 0 Å². The molecule has 6 nitrogen and oxygen atoms in total. The van der Waals surface area contributed by atoms with Crippen molar-refractivity contribution in [3.8, 4) is 0 Å². The average molecular weight is 333 g/mol. The number of hydrogen-bond donors (Lipinski definition) is 3. The molecular formula is C17H20FN3O3. The summed E-state index contributed by atoms with van der Waals surface area (Å²) in [4.78, 5) is 12.3. The Bertz CT molecular complexity index is 705. The first-order valence-corrected chi connectivity index (χ1v) is 7.92. The van der Waals surface area contributed by atoms with Crippen molar-refractivity contribution in [3.63, 3.8) is 0 Å². The number of aliphatic hydroxyl groups excluding tert-OH is 2. The SMILES string of the molecule is O=C(N[C@@H]1CC(Cn2cccn2)C[C@H]1O)c1ccc(CO)c(F)c1. The van der Waals surface area contributed by atoms with E-state index in [1.165, 1.54) is 12.1 Å². The average Bonchev–Trinajstić information content (AvgIpc) is 3.18. The number of rotatable bonds is 5. The van der Waals surface area contributed by atoms with Gasteiger partial charge in [-0.2, -0.15) is 5.10 Å². The van der Waals surface area contributed by atoms with Crippen LogP contribution in [0.4, 0.5) is 4.39 Å². The smallest absolute Gasteiger partial charge is 0.251 e.